The summed E-state index contributed by atoms with van der Waals surface area (Å²) in [6.45, 7) is 2.71. The van der Waals surface area contributed by atoms with Crippen molar-refractivity contribution in [1.82, 2.24) is 14.5 Å². The molecule has 0 fully saturated rings. The fraction of sp³-hybridized carbons (Fsp3) is 0.357. The van der Waals surface area contributed by atoms with Crippen LogP contribution in [0.5, 0.6) is 0 Å². The number of benzene rings is 1. The Bertz CT molecular complexity index is 668. The molecule has 21 heavy (non-hydrogen) atoms. The molecule has 1 aromatic heterocycles. The first-order chi connectivity index (χ1) is 9.98. The summed E-state index contributed by atoms with van der Waals surface area (Å²) in [5.74, 6) is -0.0513. The Morgan fingerprint density at radius 1 is 1.33 bits per heavy atom. The summed E-state index contributed by atoms with van der Waals surface area (Å²) in [7, 11) is -3.39. The maximum absolute atomic E-state index is 12.2. The van der Waals surface area contributed by atoms with Gasteiger partial charge in [-0.1, -0.05) is 24.3 Å². The molecule has 0 aliphatic rings. The maximum Gasteiger partial charge on any atom is 0.216 e. The van der Waals surface area contributed by atoms with E-state index in [0.717, 1.165) is 11.1 Å². The van der Waals surface area contributed by atoms with Crippen molar-refractivity contribution in [1.29, 1.82) is 0 Å². The summed E-state index contributed by atoms with van der Waals surface area (Å²) in [6, 6.07) is 8.88. The second-order valence-corrected chi connectivity index (χ2v) is 6.78. The Morgan fingerprint density at radius 2 is 2.10 bits per heavy atom. The zero-order chi connectivity index (χ0) is 15.3. The predicted octanol–water partition coefficient (Wildman–Crippen LogP) is 0.850. The molecule has 3 N–H and O–H groups in total. The van der Waals surface area contributed by atoms with Crippen LogP contribution in [-0.2, 0) is 28.9 Å². The van der Waals surface area contributed by atoms with Gasteiger partial charge in [-0.05, 0) is 24.1 Å². The third-order valence-electron chi connectivity index (χ3n) is 2.98. The summed E-state index contributed by atoms with van der Waals surface area (Å²) in [4.78, 5) is 0. The topological polar surface area (TPSA) is 90.0 Å². The largest absolute Gasteiger partial charge is 0.326 e. The molecule has 7 heteroatoms. The summed E-state index contributed by atoms with van der Waals surface area (Å²) >= 11 is 0. The van der Waals surface area contributed by atoms with E-state index in [9.17, 15) is 8.42 Å². The van der Waals surface area contributed by atoms with Gasteiger partial charge in [0.05, 0.1) is 12.3 Å². The van der Waals surface area contributed by atoms with Crippen LogP contribution >= 0.6 is 0 Å². The van der Waals surface area contributed by atoms with Crippen LogP contribution in [0.1, 0.15) is 18.1 Å². The molecule has 0 radical (unpaired) electrons. The predicted molar refractivity (Wildman–Crippen MR) is 81.8 cm³/mol. The lowest BCUT2D eigenvalue weighted by atomic mass is 10.1. The Labute approximate surface area is 125 Å². The first-order valence-corrected chi connectivity index (χ1v) is 8.39. The molecule has 6 nitrogen and oxygen atoms in total. The SMILES string of the molecule is CC(Cn1cccn1)NS(=O)(=O)Cc1cccc(CN)c1. The number of nitrogens with zero attached hydrogens (tertiary/aromatic N) is 2. The van der Waals surface area contributed by atoms with E-state index >= 15 is 0 Å². The molecule has 0 spiro atoms. The summed E-state index contributed by atoms with van der Waals surface area (Å²) in [5, 5.41) is 4.06. The van der Waals surface area contributed by atoms with Crippen molar-refractivity contribution in [2.45, 2.75) is 31.8 Å². The normalized spacial score (nSPS) is 13.2. The zero-order valence-corrected chi connectivity index (χ0v) is 12.8. The van der Waals surface area contributed by atoms with E-state index in [4.69, 9.17) is 5.73 Å². The highest BCUT2D eigenvalue weighted by atomic mass is 32.2. The second kappa shape index (κ2) is 6.84. The van der Waals surface area contributed by atoms with Crippen molar-refractivity contribution in [3.63, 3.8) is 0 Å². The number of sulfonamides is 1. The monoisotopic (exact) mass is 308 g/mol. The summed E-state index contributed by atoms with van der Waals surface area (Å²) < 4.78 is 28.7. The summed E-state index contributed by atoms with van der Waals surface area (Å²) in [6.07, 6.45) is 3.47. The Morgan fingerprint density at radius 3 is 2.76 bits per heavy atom. The van der Waals surface area contributed by atoms with E-state index in [1.54, 1.807) is 29.2 Å². The molecule has 0 amide bonds. The smallest absolute Gasteiger partial charge is 0.216 e. The van der Waals surface area contributed by atoms with Crippen LogP contribution in [0, 0.1) is 0 Å². The van der Waals surface area contributed by atoms with Gasteiger partial charge in [0.25, 0.3) is 0 Å². The van der Waals surface area contributed by atoms with Crippen molar-refractivity contribution in [2.24, 2.45) is 5.73 Å². The zero-order valence-electron chi connectivity index (χ0n) is 11.9. The Kier molecular flexibility index (Phi) is 5.11. The first kappa shape index (κ1) is 15.7. The molecular weight excluding hydrogens is 288 g/mol. The molecule has 1 atom stereocenters. The van der Waals surface area contributed by atoms with Gasteiger partial charge in [0.15, 0.2) is 0 Å². The van der Waals surface area contributed by atoms with Crippen LogP contribution in [0.2, 0.25) is 0 Å². The Hall–Kier alpha value is -1.70. The Balaban J connectivity index is 1.97. The van der Waals surface area contributed by atoms with Gasteiger partial charge in [-0.2, -0.15) is 5.10 Å². The van der Waals surface area contributed by atoms with Gasteiger partial charge in [-0.25, -0.2) is 13.1 Å². The fourth-order valence-corrected chi connectivity index (χ4v) is 3.53. The number of hydrogen-bond acceptors (Lipinski definition) is 4. The van der Waals surface area contributed by atoms with Crippen LogP contribution < -0.4 is 10.5 Å². The average Bonchev–Trinajstić information content (AvgIpc) is 2.90. The molecule has 1 heterocycles. The molecule has 2 aromatic rings. The van der Waals surface area contributed by atoms with Gasteiger partial charge in [-0.3, -0.25) is 4.68 Å². The van der Waals surface area contributed by atoms with Crippen molar-refractivity contribution >= 4 is 10.0 Å². The number of aromatic nitrogens is 2. The maximum atomic E-state index is 12.2. The number of nitrogens with two attached hydrogens (primary N) is 1. The van der Waals surface area contributed by atoms with E-state index in [-0.39, 0.29) is 11.8 Å². The van der Waals surface area contributed by atoms with Gasteiger partial charge in [0, 0.05) is 25.0 Å². The number of nitrogens with one attached hydrogen (secondary N) is 1. The van der Waals surface area contributed by atoms with Crippen LogP contribution in [0.4, 0.5) is 0 Å². The van der Waals surface area contributed by atoms with Crippen molar-refractivity contribution in [2.75, 3.05) is 0 Å². The standard InChI is InChI=1S/C14H20N4O2S/c1-12(10-18-7-3-6-16-18)17-21(19,20)11-14-5-2-4-13(8-14)9-15/h2-8,12,17H,9-11,15H2,1H3. The van der Waals surface area contributed by atoms with Crippen molar-refractivity contribution < 1.29 is 8.42 Å². The minimum absolute atomic E-state index is 0.0513. The molecule has 114 valence electrons. The van der Waals surface area contributed by atoms with Crippen LogP contribution in [0.15, 0.2) is 42.7 Å². The molecule has 0 saturated heterocycles. The van der Waals surface area contributed by atoms with Crippen LogP contribution in [0.3, 0.4) is 0 Å². The highest BCUT2D eigenvalue weighted by Crippen LogP contribution is 2.09. The van der Waals surface area contributed by atoms with E-state index in [2.05, 4.69) is 9.82 Å². The molecule has 0 aliphatic carbocycles. The molecule has 0 aliphatic heterocycles. The fourth-order valence-electron chi connectivity index (χ4n) is 2.14. The highest BCUT2D eigenvalue weighted by Gasteiger charge is 2.16. The van der Waals surface area contributed by atoms with E-state index in [0.29, 0.717) is 13.1 Å². The molecule has 1 aromatic carbocycles. The van der Waals surface area contributed by atoms with Gasteiger partial charge < -0.3 is 5.73 Å². The average molecular weight is 308 g/mol. The lowest BCUT2D eigenvalue weighted by molar-refractivity contribution is 0.493. The second-order valence-electron chi connectivity index (χ2n) is 5.03. The van der Waals surface area contributed by atoms with Crippen molar-refractivity contribution in [3.8, 4) is 0 Å². The number of hydrogen-bond donors (Lipinski definition) is 2. The molecular formula is C14H20N4O2S. The van der Waals surface area contributed by atoms with Gasteiger partial charge >= 0.3 is 0 Å². The van der Waals surface area contributed by atoms with Gasteiger partial charge in [-0.15, -0.1) is 0 Å². The van der Waals surface area contributed by atoms with Crippen molar-refractivity contribution in [3.05, 3.63) is 53.9 Å². The van der Waals surface area contributed by atoms with Crippen LogP contribution in [0.25, 0.3) is 0 Å². The lowest BCUT2D eigenvalue weighted by Crippen LogP contribution is -2.36. The van der Waals surface area contributed by atoms with E-state index in [1.807, 2.05) is 25.1 Å². The highest BCUT2D eigenvalue weighted by molar-refractivity contribution is 7.88. The number of rotatable bonds is 7. The first-order valence-electron chi connectivity index (χ1n) is 6.74. The van der Waals surface area contributed by atoms with E-state index in [1.165, 1.54) is 0 Å². The molecule has 2 rings (SSSR count). The lowest BCUT2D eigenvalue weighted by Gasteiger charge is -2.14. The molecule has 1 unspecified atom stereocenters. The third-order valence-corrected chi connectivity index (χ3v) is 4.46. The van der Waals surface area contributed by atoms with Crippen LogP contribution in [-0.4, -0.2) is 24.2 Å². The third kappa shape index (κ3) is 4.96. The van der Waals surface area contributed by atoms with Gasteiger partial charge in [0.2, 0.25) is 10.0 Å². The summed E-state index contributed by atoms with van der Waals surface area (Å²) in [5.41, 5.74) is 7.22. The quantitative estimate of drug-likeness (QED) is 0.793. The van der Waals surface area contributed by atoms with Gasteiger partial charge in [0.1, 0.15) is 0 Å². The van der Waals surface area contributed by atoms with E-state index < -0.39 is 10.0 Å². The minimum atomic E-state index is -3.39. The molecule has 0 bridgehead atoms. The minimum Gasteiger partial charge on any atom is -0.326 e. The molecule has 0 saturated carbocycles.